The Morgan fingerprint density at radius 2 is 1.47 bits per heavy atom. The number of hydrogen-bond donors (Lipinski definition) is 1. The van der Waals surface area contributed by atoms with Gasteiger partial charge in [-0.25, -0.2) is 4.79 Å². The Balaban J connectivity index is 1.44. The molecule has 0 aliphatic rings. The molecule has 3 amide bonds. The van der Waals surface area contributed by atoms with Gasteiger partial charge in [0.2, 0.25) is 0 Å². The first-order chi connectivity index (χ1) is 24.1. The Morgan fingerprint density at radius 3 is 2.10 bits per heavy atom. The van der Waals surface area contributed by atoms with E-state index in [1.807, 2.05) is 0 Å². The van der Waals surface area contributed by atoms with Crippen LogP contribution in [0.2, 0.25) is 0 Å². The van der Waals surface area contributed by atoms with E-state index in [9.17, 15) is 37.1 Å². The SMILES string of the molecule is CN(C)C(=O)COC(=O)c1ccc(OC(=O)CCCc2ccc(NC(=O)c3c(-c4ccccc4)cccc3C(F)(F)F)c(C(=O)N(C)C)c2)cc1. The molecule has 0 aliphatic heterocycles. The van der Waals surface area contributed by atoms with Crippen LogP contribution in [0.5, 0.6) is 5.75 Å². The zero-order valence-electron chi connectivity index (χ0n) is 28.4. The quantitative estimate of drug-likeness (QED) is 0.132. The molecule has 0 spiro atoms. The highest BCUT2D eigenvalue weighted by atomic mass is 19.4. The number of nitrogens with zero attached hydrogens (tertiary/aromatic N) is 2. The number of aryl methyl sites for hydroxylation is 1. The molecule has 10 nitrogen and oxygen atoms in total. The molecule has 13 heteroatoms. The van der Waals surface area contributed by atoms with Crippen molar-refractivity contribution in [1.82, 2.24) is 9.80 Å². The summed E-state index contributed by atoms with van der Waals surface area (Å²) in [6.07, 6.45) is -4.16. The first kappa shape index (κ1) is 37.8. The van der Waals surface area contributed by atoms with E-state index in [2.05, 4.69) is 5.32 Å². The van der Waals surface area contributed by atoms with Crippen molar-refractivity contribution in [2.75, 3.05) is 40.1 Å². The van der Waals surface area contributed by atoms with Crippen LogP contribution in [0.15, 0.2) is 91.0 Å². The molecule has 0 heterocycles. The maximum absolute atomic E-state index is 14.1. The van der Waals surface area contributed by atoms with Gasteiger partial charge in [0, 0.05) is 34.6 Å². The summed E-state index contributed by atoms with van der Waals surface area (Å²) >= 11 is 0. The van der Waals surface area contributed by atoms with Crippen LogP contribution in [0.4, 0.5) is 18.9 Å². The van der Waals surface area contributed by atoms with Crippen molar-refractivity contribution in [3.63, 3.8) is 0 Å². The van der Waals surface area contributed by atoms with Gasteiger partial charge in [-0.3, -0.25) is 19.2 Å². The molecule has 4 aromatic rings. The average Bonchev–Trinajstić information content (AvgIpc) is 3.10. The van der Waals surface area contributed by atoms with Gasteiger partial charge < -0.3 is 24.6 Å². The van der Waals surface area contributed by atoms with Crippen LogP contribution < -0.4 is 10.1 Å². The fraction of sp³-hybridized carbons (Fsp3) is 0.237. The van der Waals surface area contributed by atoms with E-state index in [0.717, 1.165) is 6.07 Å². The zero-order chi connectivity index (χ0) is 37.3. The predicted molar refractivity (Wildman–Crippen MR) is 183 cm³/mol. The number of alkyl halides is 3. The lowest BCUT2D eigenvalue weighted by Crippen LogP contribution is -2.27. The van der Waals surface area contributed by atoms with Crippen LogP contribution in [0.3, 0.4) is 0 Å². The lowest BCUT2D eigenvalue weighted by atomic mass is 9.94. The highest BCUT2D eigenvalue weighted by Crippen LogP contribution is 2.37. The van der Waals surface area contributed by atoms with Crippen LogP contribution in [0.1, 0.15) is 55.0 Å². The van der Waals surface area contributed by atoms with Crippen LogP contribution in [-0.2, 0) is 26.9 Å². The third kappa shape index (κ3) is 10.0. The zero-order valence-corrected chi connectivity index (χ0v) is 28.4. The normalized spacial score (nSPS) is 11.0. The second-order valence-corrected chi connectivity index (χ2v) is 11.8. The molecule has 0 saturated heterocycles. The van der Waals surface area contributed by atoms with Gasteiger partial charge in [-0.15, -0.1) is 0 Å². The number of rotatable bonds is 12. The summed E-state index contributed by atoms with van der Waals surface area (Å²) < 4.78 is 52.7. The monoisotopic (exact) mass is 703 g/mol. The molecular formula is C38H36F3N3O7. The van der Waals surface area contributed by atoms with Gasteiger partial charge in [0.05, 0.1) is 27.9 Å². The van der Waals surface area contributed by atoms with Crippen molar-refractivity contribution in [3.05, 3.63) is 119 Å². The predicted octanol–water partition coefficient (Wildman–Crippen LogP) is 6.50. The van der Waals surface area contributed by atoms with Gasteiger partial charge in [-0.2, -0.15) is 13.2 Å². The van der Waals surface area contributed by atoms with Gasteiger partial charge >= 0.3 is 18.1 Å². The van der Waals surface area contributed by atoms with Crippen LogP contribution >= 0.6 is 0 Å². The Hall–Kier alpha value is -5.98. The molecule has 0 aromatic heterocycles. The largest absolute Gasteiger partial charge is 0.452 e. The number of anilines is 1. The summed E-state index contributed by atoms with van der Waals surface area (Å²) in [5.74, 6) is -2.95. The van der Waals surface area contributed by atoms with Gasteiger partial charge in [0.15, 0.2) is 6.61 Å². The van der Waals surface area contributed by atoms with E-state index in [0.29, 0.717) is 24.0 Å². The number of ether oxygens (including phenoxy) is 2. The van der Waals surface area contributed by atoms with Crippen molar-refractivity contribution in [2.24, 2.45) is 0 Å². The number of carbonyl (C=O) groups is 5. The number of amides is 3. The fourth-order valence-electron chi connectivity index (χ4n) is 4.97. The van der Waals surface area contributed by atoms with E-state index in [-0.39, 0.29) is 40.5 Å². The summed E-state index contributed by atoms with van der Waals surface area (Å²) in [7, 11) is 6.08. The number of hydrogen-bond acceptors (Lipinski definition) is 7. The van der Waals surface area contributed by atoms with Crippen molar-refractivity contribution < 1.29 is 46.6 Å². The number of esters is 2. The molecule has 0 saturated carbocycles. The van der Waals surface area contributed by atoms with Crippen LogP contribution in [-0.4, -0.2) is 74.3 Å². The van der Waals surface area contributed by atoms with E-state index in [1.54, 1.807) is 36.4 Å². The Bertz CT molecular complexity index is 1910. The van der Waals surface area contributed by atoms with Gasteiger partial charge in [-0.1, -0.05) is 48.5 Å². The maximum Gasteiger partial charge on any atom is 0.417 e. The van der Waals surface area contributed by atoms with Gasteiger partial charge in [-0.05, 0) is 72.0 Å². The fourth-order valence-corrected chi connectivity index (χ4v) is 4.97. The minimum absolute atomic E-state index is 0.00236. The Kier molecular flexibility index (Phi) is 12.3. The summed E-state index contributed by atoms with van der Waals surface area (Å²) in [4.78, 5) is 65.6. The van der Waals surface area contributed by atoms with E-state index in [4.69, 9.17) is 9.47 Å². The summed E-state index contributed by atoms with van der Waals surface area (Å²) in [5, 5.41) is 2.53. The van der Waals surface area contributed by atoms with Gasteiger partial charge in [0.1, 0.15) is 5.75 Å². The lowest BCUT2D eigenvalue weighted by molar-refractivity contribution is -0.138. The second-order valence-electron chi connectivity index (χ2n) is 11.8. The first-order valence-corrected chi connectivity index (χ1v) is 15.7. The average molecular weight is 704 g/mol. The Morgan fingerprint density at radius 1 is 0.784 bits per heavy atom. The van der Waals surface area contributed by atoms with Crippen LogP contribution in [0.25, 0.3) is 11.1 Å². The molecule has 266 valence electrons. The molecule has 4 rings (SSSR count). The summed E-state index contributed by atoms with van der Waals surface area (Å²) in [6.45, 7) is -0.406. The van der Waals surface area contributed by atoms with Crippen molar-refractivity contribution >= 4 is 35.3 Å². The molecule has 0 radical (unpaired) electrons. The van der Waals surface area contributed by atoms with E-state index >= 15 is 0 Å². The minimum Gasteiger partial charge on any atom is -0.452 e. The molecule has 0 atom stereocenters. The maximum atomic E-state index is 14.1. The second kappa shape index (κ2) is 16.6. The molecule has 0 aliphatic carbocycles. The number of nitrogens with one attached hydrogen (secondary N) is 1. The Labute approximate surface area is 292 Å². The van der Waals surface area contributed by atoms with Crippen molar-refractivity contribution in [2.45, 2.75) is 25.4 Å². The minimum atomic E-state index is -4.82. The summed E-state index contributed by atoms with van der Waals surface area (Å²) in [5.41, 5.74) is -0.298. The standard InChI is InChI=1S/C38H36F3N3O7/c1-43(2)32(45)23-50-37(49)26-17-19-27(20-18-26)51-33(46)15-8-10-24-16-21-31(29(22-24)36(48)44(3)4)42-35(47)34-28(25-11-6-5-7-12-25)13-9-14-30(34)38(39,40)41/h5-7,9,11-14,16-22H,8,10,15,23H2,1-4H3,(H,42,47). The van der Waals surface area contributed by atoms with Crippen molar-refractivity contribution in [3.8, 4) is 16.9 Å². The van der Waals surface area contributed by atoms with Gasteiger partial charge in [0.25, 0.3) is 17.7 Å². The molecule has 51 heavy (non-hydrogen) atoms. The van der Waals surface area contributed by atoms with E-state index < -0.39 is 47.7 Å². The number of carbonyl (C=O) groups excluding carboxylic acids is 5. The highest BCUT2D eigenvalue weighted by Gasteiger charge is 2.37. The lowest BCUT2D eigenvalue weighted by Gasteiger charge is -2.19. The molecular weight excluding hydrogens is 667 g/mol. The molecule has 0 unspecified atom stereocenters. The topological polar surface area (TPSA) is 122 Å². The number of halogens is 3. The number of benzene rings is 4. The third-order valence-corrected chi connectivity index (χ3v) is 7.64. The summed E-state index contributed by atoms with van der Waals surface area (Å²) in [6, 6.07) is 22.0. The van der Waals surface area contributed by atoms with Crippen LogP contribution in [0, 0.1) is 0 Å². The van der Waals surface area contributed by atoms with E-state index in [1.165, 1.54) is 86.5 Å². The highest BCUT2D eigenvalue weighted by molar-refractivity contribution is 6.12. The first-order valence-electron chi connectivity index (χ1n) is 15.7. The smallest absolute Gasteiger partial charge is 0.417 e. The van der Waals surface area contributed by atoms with Crippen molar-refractivity contribution in [1.29, 1.82) is 0 Å². The molecule has 1 N–H and O–H groups in total. The molecule has 0 bridgehead atoms. The molecule has 4 aromatic carbocycles. The molecule has 0 fully saturated rings. The number of likely N-dealkylation sites (N-methyl/N-ethyl adjacent to an activating group) is 1. The third-order valence-electron chi connectivity index (χ3n) is 7.64.